The lowest BCUT2D eigenvalue weighted by Gasteiger charge is -2.42. The summed E-state index contributed by atoms with van der Waals surface area (Å²) in [4.78, 5) is 12.8. The zero-order valence-corrected chi connectivity index (χ0v) is 22.1. The lowest BCUT2D eigenvalue weighted by Crippen LogP contribution is -2.61. The largest absolute Gasteiger partial charge is 0.507 e. The normalized spacial score (nSPS) is 36.6. The Labute approximate surface area is 238 Å². The highest BCUT2D eigenvalue weighted by Gasteiger charge is 2.47. The van der Waals surface area contributed by atoms with Crippen LogP contribution in [0.5, 0.6) is 28.7 Å². The van der Waals surface area contributed by atoms with Crippen molar-refractivity contribution < 1.29 is 74.4 Å². The summed E-state index contributed by atoms with van der Waals surface area (Å²) in [5.41, 5.74) is 0.255. The second-order valence-electron chi connectivity index (χ2n) is 10.4. The van der Waals surface area contributed by atoms with E-state index >= 15 is 0 Å². The smallest absolute Gasteiger partial charge is 0.229 e. The minimum atomic E-state index is -1.78. The second kappa shape index (κ2) is 11.8. The zero-order valence-electron chi connectivity index (χ0n) is 22.1. The molecule has 230 valence electrons. The SMILES string of the molecule is C[C@@H]1O[C@@H](OC[C@H]2O[C@@H](Oc3cc(O)c4c(c3)O[C@H](c3ccc(O)c(O)c3)CC4=O)[C@H](O)[C@@H](O)[C@@H]2O)[C@H](O)[C@H](O)[C@H]1O. The summed E-state index contributed by atoms with van der Waals surface area (Å²) in [6.07, 6.45) is -16.1. The molecule has 9 N–H and O–H groups in total. The van der Waals surface area contributed by atoms with Crippen LogP contribution in [0.4, 0.5) is 0 Å². The Hall–Kier alpha value is -3.25. The van der Waals surface area contributed by atoms with Gasteiger partial charge >= 0.3 is 0 Å². The molecule has 2 aromatic carbocycles. The number of hydrogen-bond donors (Lipinski definition) is 9. The van der Waals surface area contributed by atoms with Gasteiger partial charge in [0.2, 0.25) is 6.29 Å². The Balaban J connectivity index is 1.30. The Morgan fingerprint density at radius 1 is 0.786 bits per heavy atom. The topological polar surface area (TPSA) is 245 Å². The molecule has 5 rings (SSSR count). The van der Waals surface area contributed by atoms with E-state index < -0.39 is 91.4 Å². The highest BCUT2D eigenvalue weighted by atomic mass is 16.7. The summed E-state index contributed by atoms with van der Waals surface area (Å²) in [5.74, 6) is -1.96. The third kappa shape index (κ3) is 5.70. The summed E-state index contributed by atoms with van der Waals surface area (Å²) in [6.45, 7) is 0.949. The number of carbonyl (C=O) groups is 1. The first-order chi connectivity index (χ1) is 19.8. The van der Waals surface area contributed by atoms with Crippen molar-refractivity contribution in [3.8, 4) is 28.7 Å². The molecule has 2 aromatic rings. The standard InChI is InChI=1S/C27H32O15/c1-9-20(32)22(34)24(36)26(39-9)38-8-18-21(33)23(35)25(37)27(42-18)40-11-5-14(30)19-15(31)7-16(41-17(19)6-11)10-2-3-12(28)13(29)4-10/h2-6,9,16,18,20-30,32-37H,7-8H2,1H3/t9-,16-,18+,20-,21+,22+,23-,24+,25+,26+,27+/m0/s1. The number of rotatable bonds is 6. The van der Waals surface area contributed by atoms with E-state index in [0.717, 1.165) is 6.07 Å². The minimum Gasteiger partial charge on any atom is -0.507 e. The van der Waals surface area contributed by atoms with Crippen molar-refractivity contribution in [2.24, 2.45) is 0 Å². The predicted molar refractivity (Wildman–Crippen MR) is 136 cm³/mol. The fraction of sp³-hybridized carbons (Fsp3) is 0.519. The number of ether oxygens (including phenoxy) is 5. The molecule has 3 aliphatic rings. The molecule has 3 aliphatic heterocycles. The van der Waals surface area contributed by atoms with Gasteiger partial charge in [-0.15, -0.1) is 0 Å². The molecule has 0 amide bonds. The summed E-state index contributed by atoms with van der Waals surface area (Å²) >= 11 is 0. The first-order valence-corrected chi connectivity index (χ1v) is 13.1. The van der Waals surface area contributed by atoms with Crippen LogP contribution in [-0.4, -0.2) is 120 Å². The van der Waals surface area contributed by atoms with Crippen molar-refractivity contribution in [2.75, 3.05) is 6.61 Å². The molecular formula is C27H32O15. The maximum Gasteiger partial charge on any atom is 0.229 e. The van der Waals surface area contributed by atoms with Crippen molar-refractivity contribution in [2.45, 2.75) is 80.9 Å². The van der Waals surface area contributed by atoms with Crippen molar-refractivity contribution in [3.05, 3.63) is 41.5 Å². The quantitative estimate of drug-likeness (QED) is 0.173. The third-order valence-electron chi connectivity index (χ3n) is 7.50. The highest BCUT2D eigenvalue weighted by Crippen LogP contribution is 2.43. The number of aliphatic hydroxyl groups is 6. The molecule has 0 bridgehead atoms. The number of aromatic hydroxyl groups is 3. The van der Waals surface area contributed by atoms with Crippen LogP contribution in [0.3, 0.4) is 0 Å². The number of phenolic OH excluding ortho intramolecular Hbond substituents is 3. The van der Waals surface area contributed by atoms with Gasteiger partial charge in [0.25, 0.3) is 0 Å². The molecule has 2 saturated heterocycles. The lowest BCUT2D eigenvalue weighted by molar-refractivity contribution is -0.318. The van der Waals surface area contributed by atoms with Gasteiger partial charge in [0, 0.05) is 12.1 Å². The first-order valence-electron chi connectivity index (χ1n) is 13.1. The molecule has 0 aromatic heterocycles. The average molecular weight is 597 g/mol. The van der Waals surface area contributed by atoms with Gasteiger partial charge in [0.15, 0.2) is 23.6 Å². The summed E-state index contributed by atoms with van der Waals surface area (Å²) in [7, 11) is 0. The van der Waals surface area contributed by atoms with E-state index in [4.69, 9.17) is 23.7 Å². The van der Waals surface area contributed by atoms with Gasteiger partial charge in [-0.05, 0) is 24.6 Å². The van der Waals surface area contributed by atoms with Crippen LogP contribution < -0.4 is 9.47 Å². The molecule has 15 nitrogen and oxygen atoms in total. The number of Topliss-reactive ketones (excluding diaryl/α,β-unsaturated/α-hetero) is 1. The number of ketones is 1. The average Bonchev–Trinajstić information content (AvgIpc) is 2.95. The van der Waals surface area contributed by atoms with Crippen LogP contribution in [0.2, 0.25) is 0 Å². The number of hydrogen-bond acceptors (Lipinski definition) is 15. The maximum absolute atomic E-state index is 12.8. The fourth-order valence-electron chi connectivity index (χ4n) is 5.04. The van der Waals surface area contributed by atoms with Crippen molar-refractivity contribution >= 4 is 5.78 Å². The van der Waals surface area contributed by atoms with E-state index in [1.54, 1.807) is 0 Å². The molecule has 0 radical (unpaired) electrons. The van der Waals surface area contributed by atoms with Gasteiger partial charge in [-0.1, -0.05) is 6.07 Å². The molecule has 0 unspecified atom stereocenters. The van der Waals surface area contributed by atoms with E-state index in [-0.39, 0.29) is 29.2 Å². The Morgan fingerprint density at radius 3 is 2.19 bits per heavy atom. The van der Waals surface area contributed by atoms with Crippen LogP contribution in [0.25, 0.3) is 0 Å². The van der Waals surface area contributed by atoms with E-state index in [1.165, 1.54) is 31.2 Å². The maximum atomic E-state index is 12.8. The van der Waals surface area contributed by atoms with Gasteiger partial charge in [-0.3, -0.25) is 4.79 Å². The number of carbonyl (C=O) groups excluding carboxylic acids is 1. The molecular weight excluding hydrogens is 564 g/mol. The molecule has 42 heavy (non-hydrogen) atoms. The van der Waals surface area contributed by atoms with Gasteiger partial charge in [-0.2, -0.15) is 0 Å². The molecule has 0 saturated carbocycles. The zero-order chi connectivity index (χ0) is 30.5. The van der Waals surface area contributed by atoms with Crippen molar-refractivity contribution in [3.63, 3.8) is 0 Å². The van der Waals surface area contributed by atoms with Crippen LogP contribution in [0.15, 0.2) is 30.3 Å². The van der Waals surface area contributed by atoms with Gasteiger partial charge < -0.3 is 69.6 Å². The van der Waals surface area contributed by atoms with Crippen molar-refractivity contribution in [1.29, 1.82) is 0 Å². The summed E-state index contributed by atoms with van der Waals surface area (Å²) in [5, 5.41) is 91.3. The summed E-state index contributed by atoms with van der Waals surface area (Å²) < 4.78 is 27.9. The highest BCUT2D eigenvalue weighted by molar-refractivity contribution is 6.02. The Bertz CT molecular complexity index is 1300. The molecule has 2 fully saturated rings. The van der Waals surface area contributed by atoms with Gasteiger partial charge in [0.1, 0.15) is 71.6 Å². The van der Waals surface area contributed by atoms with Crippen LogP contribution in [0.1, 0.15) is 35.4 Å². The number of benzene rings is 2. The van der Waals surface area contributed by atoms with E-state index in [1.807, 2.05) is 0 Å². The fourth-order valence-corrected chi connectivity index (χ4v) is 5.04. The van der Waals surface area contributed by atoms with Gasteiger partial charge in [-0.25, -0.2) is 0 Å². The summed E-state index contributed by atoms with van der Waals surface area (Å²) in [6, 6.07) is 6.26. The lowest BCUT2D eigenvalue weighted by atomic mass is 9.95. The monoisotopic (exact) mass is 596 g/mol. The molecule has 0 aliphatic carbocycles. The van der Waals surface area contributed by atoms with Gasteiger partial charge in [0.05, 0.1) is 19.1 Å². The van der Waals surface area contributed by atoms with Crippen LogP contribution in [-0.2, 0) is 14.2 Å². The first kappa shape index (κ1) is 30.2. The number of phenols is 3. The molecule has 15 heteroatoms. The van der Waals surface area contributed by atoms with Crippen LogP contribution >= 0.6 is 0 Å². The van der Waals surface area contributed by atoms with E-state index in [2.05, 4.69) is 0 Å². The van der Waals surface area contributed by atoms with Crippen LogP contribution in [0, 0.1) is 0 Å². The second-order valence-corrected chi connectivity index (χ2v) is 10.4. The van der Waals surface area contributed by atoms with E-state index in [9.17, 15) is 50.8 Å². The Kier molecular flexibility index (Phi) is 8.48. The molecule has 3 heterocycles. The molecule has 0 spiro atoms. The Morgan fingerprint density at radius 2 is 1.48 bits per heavy atom. The molecule has 11 atom stereocenters. The number of fused-ring (bicyclic) bond motifs is 1. The van der Waals surface area contributed by atoms with Crippen molar-refractivity contribution in [1.82, 2.24) is 0 Å². The minimum absolute atomic E-state index is 0.0807. The number of aliphatic hydroxyl groups excluding tert-OH is 6. The third-order valence-corrected chi connectivity index (χ3v) is 7.50. The predicted octanol–water partition coefficient (Wildman–Crippen LogP) is -1.46. The van der Waals surface area contributed by atoms with E-state index in [0.29, 0.717) is 5.56 Å².